The van der Waals surface area contributed by atoms with Crippen molar-refractivity contribution in [1.82, 2.24) is 24.7 Å². The number of nitrogens with zero attached hydrogens (tertiary/aromatic N) is 6. The van der Waals surface area contributed by atoms with Crippen molar-refractivity contribution in [2.24, 2.45) is 0 Å². The minimum Gasteiger partial charge on any atom is -0.365 e. The Morgan fingerprint density at radius 1 is 1.17 bits per heavy atom. The number of amides is 1. The van der Waals surface area contributed by atoms with E-state index < -0.39 is 6.10 Å². The number of ether oxygens (including phenoxy) is 1. The fourth-order valence-electron chi connectivity index (χ4n) is 3.21. The second-order valence-corrected chi connectivity index (χ2v) is 6.02. The Bertz CT molecular complexity index is 696. The standard InChI is InChI=1S/C15H20N6O2/c22-15(19-6-2-1-3-7-19)12-10-20(8-9-23-12)14-5-4-13-17-16-11-21(13)18-14/h4-5,11-12H,1-3,6-10H2. The van der Waals surface area contributed by atoms with Crippen molar-refractivity contribution in [2.75, 3.05) is 37.7 Å². The van der Waals surface area contributed by atoms with Crippen molar-refractivity contribution in [2.45, 2.75) is 25.4 Å². The van der Waals surface area contributed by atoms with E-state index in [1.165, 1.54) is 6.42 Å². The van der Waals surface area contributed by atoms with Gasteiger partial charge in [0.1, 0.15) is 12.1 Å². The molecule has 0 aromatic carbocycles. The molecule has 8 nitrogen and oxygen atoms in total. The number of carbonyl (C=O) groups excluding carboxylic acids is 1. The van der Waals surface area contributed by atoms with Gasteiger partial charge in [-0.05, 0) is 31.4 Å². The molecule has 2 aromatic rings. The lowest BCUT2D eigenvalue weighted by Crippen LogP contribution is -2.52. The molecule has 122 valence electrons. The van der Waals surface area contributed by atoms with Crippen LogP contribution in [0.25, 0.3) is 5.65 Å². The Hall–Kier alpha value is -2.22. The molecule has 23 heavy (non-hydrogen) atoms. The zero-order valence-electron chi connectivity index (χ0n) is 13.0. The molecule has 2 saturated heterocycles. The maximum atomic E-state index is 12.6. The SMILES string of the molecule is O=C(C1CN(c2ccc3nncn3n2)CCO1)N1CCCCC1. The molecule has 4 rings (SSSR count). The summed E-state index contributed by atoms with van der Waals surface area (Å²) in [6.07, 6.45) is 4.57. The Balaban J connectivity index is 1.48. The van der Waals surface area contributed by atoms with E-state index in [0.29, 0.717) is 18.8 Å². The molecule has 0 N–H and O–H groups in total. The van der Waals surface area contributed by atoms with E-state index in [0.717, 1.165) is 38.3 Å². The number of anilines is 1. The summed E-state index contributed by atoms with van der Waals surface area (Å²) in [5, 5.41) is 12.3. The van der Waals surface area contributed by atoms with Crippen molar-refractivity contribution in [1.29, 1.82) is 0 Å². The van der Waals surface area contributed by atoms with Crippen molar-refractivity contribution >= 4 is 17.4 Å². The van der Waals surface area contributed by atoms with Crippen LogP contribution in [-0.2, 0) is 9.53 Å². The molecule has 2 aromatic heterocycles. The summed E-state index contributed by atoms with van der Waals surface area (Å²) < 4.78 is 7.37. The summed E-state index contributed by atoms with van der Waals surface area (Å²) in [5.41, 5.74) is 0.711. The van der Waals surface area contributed by atoms with Gasteiger partial charge in [0.25, 0.3) is 5.91 Å². The first-order valence-corrected chi connectivity index (χ1v) is 8.14. The average Bonchev–Trinajstić information content (AvgIpc) is 3.09. The zero-order valence-corrected chi connectivity index (χ0v) is 13.0. The van der Waals surface area contributed by atoms with E-state index in [1.54, 1.807) is 10.8 Å². The second kappa shape index (κ2) is 6.11. The summed E-state index contributed by atoms with van der Waals surface area (Å²) in [7, 11) is 0. The first-order chi connectivity index (χ1) is 11.3. The molecule has 8 heteroatoms. The van der Waals surface area contributed by atoms with Crippen LogP contribution in [0, 0.1) is 0 Å². The van der Waals surface area contributed by atoms with Gasteiger partial charge in [0.2, 0.25) is 0 Å². The number of likely N-dealkylation sites (tertiary alicyclic amines) is 1. The quantitative estimate of drug-likeness (QED) is 0.795. The molecule has 1 unspecified atom stereocenters. The molecule has 0 bridgehead atoms. The van der Waals surface area contributed by atoms with Crippen LogP contribution in [0.5, 0.6) is 0 Å². The predicted octanol–water partition coefficient (Wildman–Crippen LogP) is 0.342. The van der Waals surface area contributed by atoms with Crippen LogP contribution >= 0.6 is 0 Å². The summed E-state index contributed by atoms with van der Waals surface area (Å²) in [6.45, 7) is 3.50. The first-order valence-electron chi connectivity index (χ1n) is 8.14. The minimum atomic E-state index is -0.403. The van der Waals surface area contributed by atoms with Crippen LogP contribution in [-0.4, -0.2) is 69.5 Å². The highest BCUT2D eigenvalue weighted by Gasteiger charge is 2.31. The summed E-state index contributed by atoms with van der Waals surface area (Å²) in [6, 6.07) is 3.80. The molecule has 2 aliphatic rings. The Labute approximate surface area is 134 Å². The largest absolute Gasteiger partial charge is 0.365 e. The van der Waals surface area contributed by atoms with Gasteiger partial charge >= 0.3 is 0 Å². The van der Waals surface area contributed by atoms with Crippen molar-refractivity contribution in [3.63, 3.8) is 0 Å². The van der Waals surface area contributed by atoms with Gasteiger partial charge in [-0.2, -0.15) is 4.52 Å². The molecule has 1 amide bonds. The summed E-state index contributed by atoms with van der Waals surface area (Å²) in [5.74, 6) is 0.928. The van der Waals surface area contributed by atoms with Gasteiger partial charge in [0, 0.05) is 19.6 Å². The smallest absolute Gasteiger partial charge is 0.253 e. The lowest BCUT2D eigenvalue weighted by molar-refractivity contribution is -0.145. The highest BCUT2D eigenvalue weighted by Crippen LogP contribution is 2.18. The highest BCUT2D eigenvalue weighted by molar-refractivity contribution is 5.82. The third-order valence-electron chi connectivity index (χ3n) is 4.48. The van der Waals surface area contributed by atoms with Gasteiger partial charge in [-0.1, -0.05) is 0 Å². The number of hydrogen-bond acceptors (Lipinski definition) is 6. The molecule has 0 spiro atoms. The Morgan fingerprint density at radius 3 is 2.91 bits per heavy atom. The third kappa shape index (κ3) is 2.86. The monoisotopic (exact) mass is 316 g/mol. The van der Waals surface area contributed by atoms with E-state index >= 15 is 0 Å². The van der Waals surface area contributed by atoms with Gasteiger partial charge in [-0.3, -0.25) is 4.79 Å². The van der Waals surface area contributed by atoms with Crippen LogP contribution in [0.2, 0.25) is 0 Å². The molecule has 2 fully saturated rings. The van der Waals surface area contributed by atoms with Crippen molar-refractivity contribution in [3.8, 4) is 0 Å². The summed E-state index contributed by atoms with van der Waals surface area (Å²) >= 11 is 0. The van der Waals surface area contributed by atoms with E-state index in [-0.39, 0.29) is 5.91 Å². The van der Waals surface area contributed by atoms with Gasteiger partial charge in [-0.25, -0.2) is 0 Å². The van der Waals surface area contributed by atoms with Crippen LogP contribution in [0.4, 0.5) is 5.82 Å². The molecular formula is C15H20N6O2. The van der Waals surface area contributed by atoms with Crippen LogP contribution in [0.3, 0.4) is 0 Å². The zero-order chi connectivity index (χ0) is 15.6. The van der Waals surface area contributed by atoms with E-state index in [2.05, 4.69) is 20.2 Å². The molecule has 0 radical (unpaired) electrons. The average molecular weight is 316 g/mol. The predicted molar refractivity (Wildman–Crippen MR) is 83.2 cm³/mol. The summed E-state index contributed by atoms with van der Waals surface area (Å²) in [4.78, 5) is 16.7. The molecule has 2 aliphatic heterocycles. The fraction of sp³-hybridized carbons (Fsp3) is 0.600. The maximum absolute atomic E-state index is 12.6. The van der Waals surface area contributed by atoms with Gasteiger partial charge < -0.3 is 14.5 Å². The number of carbonyl (C=O) groups is 1. The van der Waals surface area contributed by atoms with Crippen molar-refractivity contribution < 1.29 is 9.53 Å². The van der Waals surface area contributed by atoms with Gasteiger partial charge in [0.05, 0.1) is 13.2 Å². The van der Waals surface area contributed by atoms with E-state index in [1.807, 2.05) is 17.0 Å². The van der Waals surface area contributed by atoms with Crippen molar-refractivity contribution in [3.05, 3.63) is 18.5 Å². The van der Waals surface area contributed by atoms with Crippen LogP contribution < -0.4 is 4.90 Å². The van der Waals surface area contributed by atoms with Gasteiger partial charge in [-0.15, -0.1) is 15.3 Å². The number of morpholine rings is 1. The molecule has 0 aliphatic carbocycles. The topological polar surface area (TPSA) is 75.9 Å². The number of aromatic nitrogens is 4. The normalized spacial score (nSPS) is 22.5. The molecule has 4 heterocycles. The third-order valence-corrected chi connectivity index (χ3v) is 4.48. The lowest BCUT2D eigenvalue weighted by atomic mass is 10.1. The number of rotatable bonds is 2. The number of piperidine rings is 1. The van der Waals surface area contributed by atoms with E-state index in [4.69, 9.17) is 4.74 Å². The highest BCUT2D eigenvalue weighted by atomic mass is 16.5. The molecule has 0 saturated carbocycles. The van der Waals surface area contributed by atoms with Crippen LogP contribution in [0.1, 0.15) is 19.3 Å². The Morgan fingerprint density at radius 2 is 2.04 bits per heavy atom. The second-order valence-electron chi connectivity index (χ2n) is 6.02. The number of fused-ring (bicyclic) bond motifs is 1. The van der Waals surface area contributed by atoms with E-state index in [9.17, 15) is 4.79 Å². The minimum absolute atomic E-state index is 0.111. The molecule has 1 atom stereocenters. The number of hydrogen-bond donors (Lipinski definition) is 0. The molecular weight excluding hydrogens is 296 g/mol. The fourth-order valence-corrected chi connectivity index (χ4v) is 3.21. The van der Waals surface area contributed by atoms with Gasteiger partial charge in [0.15, 0.2) is 11.8 Å². The van der Waals surface area contributed by atoms with Crippen LogP contribution in [0.15, 0.2) is 18.5 Å². The Kier molecular flexibility index (Phi) is 3.82. The lowest BCUT2D eigenvalue weighted by Gasteiger charge is -2.36. The first kappa shape index (κ1) is 14.4. The maximum Gasteiger partial charge on any atom is 0.253 e.